The van der Waals surface area contributed by atoms with E-state index in [1.807, 2.05) is 32.0 Å². The third-order valence-corrected chi connectivity index (χ3v) is 4.06. The fraction of sp³-hybridized carbons (Fsp3) is 0.333. The number of aryl methyl sites for hydroxylation is 1. The molecule has 2 aromatic heterocycles. The molecule has 0 spiro atoms. The standard InChI is InChI=1S/C15H19N3OS/c1-4-16-14-7-5-6-12(18-14)15(19)17-11(3)13-9-8-10(2)20-13/h5-9,11H,4H2,1-3H3,(H,16,18)(H,17,19). The number of carbonyl (C=O) groups excluding carboxylic acids is 1. The second-order valence-electron chi connectivity index (χ2n) is 4.58. The number of thiophene rings is 1. The lowest BCUT2D eigenvalue weighted by atomic mass is 10.2. The first-order valence-electron chi connectivity index (χ1n) is 6.68. The van der Waals surface area contributed by atoms with E-state index in [0.29, 0.717) is 5.69 Å². The summed E-state index contributed by atoms with van der Waals surface area (Å²) in [5.41, 5.74) is 0.434. The maximum absolute atomic E-state index is 12.2. The molecule has 0 aromatic carbocycles. The SMILES string of the molecule is CCNc1cccc(C(=O)NC(C)c2ccc(C)s2)n1. The van der Waals surface area contributed by atoms with Crippen molar-refractivity contribution in [3.63, 3.8) is 0 Å². The summed E-state index contributed by atoms with van der Waals surface area (Å²) in [6.07, 6.45) is 0. The average Bonchev–Trinajstić information content (AvgIpc) is 2.86. The Morgan fingerprint density at radius 1 is 1.35 bits per heavy atom. The van der Waals surface area contributed by atoms with Crippen LogP contribution >= 0.6 is 11.3 Å². The third kappa shape index (κ3) is 3.57. The van der Waals surface area contributed by atoms with Crippen LogP contribution < -0.4 is 10.6 Å². The van der Waals surface area contributed by atoms with Crippen LogP contribution in [0.15, 0.2) is 30.3 Å². The van der Waals surface area contributed by atoms with Gasteiger partial charge in [-0.1, -0.05) is 6.07 Å². The molecule has 1 amide bonds. The van der Waals surface area contributed by atoms with E-state index in [1.165, 1.54) is 4.88 Å². The van der Waals surface area contributed by atoms with E-state index in [4.69, 9.17) is 0 Å². The lowest BCUT2D eigenvalue weighted by Gasteiger charge is -2.12. The van der Waals surface area contributed by atoms with Crippen LogP contribution in [-0.2, 0) is 0 Å². The summed E-state index contributed by atoms with van der Waals surface area (Å²) in [5, 5.41) is 6.08. The summed E-state index contributed by atoms with van der Waals surface area (Å²) >= 11 is 1.70. The van der Waals surface area contributed by atoms with Crippen molar-refractivity contribution in [1.82, 2.24) is 10.3 Å². The van der Waals surface area contributed by atoms with Gasteiger partial charge >= 0.3 is 0 Å². The van der Waals surface area contributed by atoms with Gasteiger partial charge in [0, 0.05) is 16.3 Å². The van der Waals surface area contributed by atoms with Gasteiger partial charge in [0.2, 0.25) is 0 Å². The Bertz CT molecular complexity index is 594. The highest BCUT2D eigenvalue weighted by atomic mass is 32.1. The number of nitrogens with zero attached hydrogens (tertiary/aromatic N) is 1. The monoisotopic (exact) mass is 289 g/mol. The van der Waals surface area contributed by atoms with Crippen LogP contribution in [0.1, 0.15) is 40.1 Å². The third-order valence-electron chi connectivity index (χ3n) is 2.88. The number of amides is 1. The van der Waals surface area contributed by atoms with Gasteiger partial charge in [-0.2, -0.15) is 0 Å². The van der Waals surface area contributed by atoms with E-state index in [1.54, 1.807) is 17.4 Å². The Labute approximate surface area is 123 Å². The summed E-state index contributed by atoms with van der Waals surface area (Å²) in [5.74, 6) is 0.572. The highest BCUT2D eigenvalue weighted by molar-refractivity contribution is 7.12. The minimum Gasteiger partial charge on any atom is -0.370 e. The number of anilines is 1. The predicted molar refractivity (Wildman–Crippen MR) is 83.3 cm³/mol. The lowest BCUT2D eigenvalue weighted by Crippen LogP contribution is -2.27. The first kappa shape index (κ1) is 14.5. The van der Waals surface area contributed by atoms with Crippen LogP contribution in [0.4, 0.5) is 5.82 Å². The molecule has 0 radical (unpaired) electrons. The zero-order valence-electron chi connectivity index (χ0n) is 11.9. The zero-order chi connectivity index (χ0) is 14.5. The molecule has 20 heavy (non-hydrogen) atoms. The molecule has 1 unspecified atom stereocenters. The topological polar surface area (TPSA) is 54.0 Å². The zero-order valence-corrected chi connectivity index (χ0v) is 12.8. The second kappa shape index (κ2) is 6.52. The van der Waals surface area contributed by atoms with Crippen molar-refractivity contribution in [3.8, 4) is 0 Å². The molecule has 2 rings (SSSR count). The van der Waals surface area contributed by atoms with Gasteiger partial charge < -0.3 is 10.6 Å². The number of aromatic nitrogens is 1. The fourth-order valence-corrected chi connectivity index (χ4v) is 2.75. The summed E-state index contributed by atoms with van der Waals surface area (Å²) in [4.78, 5) is 18.9. The molecule has 0 aliphatic heterocycles. The van der Waals surface area contributed by atoms with E-state index in [0.717, 1.165) is 17.2 Å². The quantitative estimate of drug-likeness (QED) is 0.887. The second-order valence-corrected chi connectivity index (χ2v) is 5.90. The van der Waals surface area contributed by atoms with Crippen molar-refractivity contribution in [2.24, 2.45) is 0 Å². The first-order chi connectivity index (χ1) is 9.60. The number of hydrogen-bond donors (Lipinski definition) is 2. The Morgan fingerprint density at radius 3 is 2.80 bits per heavy atom. The highest BCUT2D eigenvalue weighted by Gasteiger charge is 2.14. The Hall–Kier alpha value is -1.88. The molecule has 5 heteroatoms. The molecular formula is C15H19N3OS. The van der Waals surface area contributed by atoms with Crippen LogP contribution in [-0.4, -0.2) is 17.4 Å². The number of pyridine rings is 1. The van der Waals surface area contributed by atoms with Crippen LogP contribution in [0.5, 0.6) is 0 Å². The molecule has 2 aromatic rings. The molecule has 0 aliphatic carbocycles. The van der Waals surface area contributed by atoms with Crippen LogP contribution in [0.2, 0.25) is 0 Å². The number of rotatable bonds is 5. The van der Waals surface area contributed by atoms with Crippen LogP contribution in [0.3, 0.4) is 0 Å². The van der Waals surface area contributed by atoms with Gasteiger partial charge in [-0.3, -0.25) is 4.79 Å². The molecule has 0 aliphatic rings. The summed E-state index contributed by atoms with van der Waals surface area (Å²) in [6.45, 7) is 6.82. The van der Waals surface area contributed by atoms with Gasteiger partial charge in [0.15, 0.2) is 0 Å². The molecule has 0 fully saturated rings. The maximum Gasteiger partial charge on any atom is 0.270 e. The Balaban J connectivity index is 2.06. The van der Waals surface area contributed by atoms with Gasteiger partial charge in [-0.15, -0.1) is 11.3 Å². The minimum atomic E-state index is -0.150. The van der Waals surface area contributed by atoms with Gasteiger partial charge in [-0.05, 0) is 45.0 Å². The largest absolute Gasteiger partial charge is 0.370 e. The smallest absolute Gasteiger partial charge is 0.270 e. The molecule has 0 saturated heterocycles. The Morgan fingerprint density at radius 2 is 2.15 bits per heavy atom. The minimum absolute atomic E-state index is 0.00853. The molecule has 106 valence electrons. The first-order valence-corrected chi connectivity index (χ1v) is 7.50. The summed E-state index contributed by atoms with van der Waals surface area (Å²) in [7, 11) is 0. The van der Waals surface area contributed by atoms with Gasteiger partial charge in [0.1, 0.15) is 11.5 Å². The van der Waals surface area contributed by atoms with Crippen LogP contribution in [0.25, 0.3) is 0 Å². The fourth-order valence-electron chi connectivity index (χ4n) is 1.87. The summed E-state index contributed by atoms with van der Waals surface area (Å²) < 4.78 is 0. The van der Waals surface area contributed by atoms with E-state index in [9.17, 15) is 4.79 Å². The van der Waals surface area contributed by atoms with Crippen molar-refractivity contribution < 1.29 is 4.79 Å². The maximum atomic E-state index is 12.2. The van der Waals surface area contributed by atoms with Crippen molar-refractivity contribution >= 4 is 23.1 Å². The van der Waals surface area contributed by atoms with Gasteiger partial charge in [0.25, 0.3) is 5.91 Å². The lowest BCUT2D eigenvalue weighted by molar-refractivity contribution is 0.0935. The summed E-state index contributed by atoms with van der Waals surface area (Å²) in [6, 6.07) is 9.51. The van der Waals surface area contributed by atoms with Crippen molar-refractivity contribution in [1.29, 1.82) is 0 Å². The van der Waals surface area contributed by atoms with E-state index in [2.05, 4.69) is 28.6 Å². The van der Waals surface area contributed by atoms with E-state index < -0.39 is 0 Å². The van der Waals surface area contributed by atoms with Crippen molar-refractivity contribution in [2.45, 2.75) is 26.8 Å². The van der Waals surface area contributed by atoms with Crippen molar-refractivity contribution in [2.75, 3.05) is 11.9 Å². The van der Waals surface area contributed by atoms with Gasteiger partial charge in [0.05, 0.1) is 6.04 Å². The number of hydrogen-bond acceptors (Lipinski definition) is 4. The van der Waals surface area contributed by atoms with E-state index in [-0.39, 0.29) is 11.9 Å². The molecule has 0 bridgehead atoms. The molecule has 2 N–H and O–H groups in total. The number of carbonyl (C=O) groups is 1. The van der Waals surface area contributed by atoms with E-state index >= 15 is 0 Å². The molecular weight excluding hydrogens is 270 g/mol. The molecule has 1 atom stereocenters. The van der Waals surface area contributed by atoms with Crippen molar-refractivity contribution in [3.05, 3.63) is 45.8 Å². The average molecular weight is 289 g/mol. The number of nitrogens with one attached hydrogen (secondary N) is 2. The van der Waals surface area contributed by atoms with Gasteiger partial charge in [-0.25, -0.2) is 4.98 Å². The van der Waals surface area contributed by atoms with Crippen LogP contribution in [0, 0.1) is 6.92 Å². The molecule has 4 nitrogen and oxygen atoms in total. The molecule has 0 saturated carbocycles. The molecule has 2 heterocycles. The Kier molecular flexibility index (Phi) is 4.74. The predicted octanol–water partition coefficient (Wildman–Crippen LogP) is 3.37. The highest BCUT2D eigenvalue weighted by Crippen LogP contribution is 2.22. The normalized spacial score (nSPS) is 11.9.